The standard InChI is InChI=1S/C11H12ClNO2/c12-8-4-1-2-5-9(8)13-7-3-6-10(13)11(14)15/h1-2,4-5,10H,3,6-7H2,(H,14,15). The van der Waals surface area contributed by atoms with Crippen LogP contribution in [0.15, 0.2) is 24.3 Å². The fraction of sp³-hybridized carbons (Fsp3) is 0.364. The van der Waals surface area contributed by atoms with E-state index in [1.165, 1.54) is 0 Å². The maximum absolute atomic E-state index is 11.0. The summed E-state index contributed by atoms with van der Waals surface area (Å²) in [6.45, 7) is 0.765. The van der Waals surface area contributed by atoms with Crippen molar-refractivity contribution < 1.29 is 9.90 Å². The smallest absolute Gasteiger partial charge is 0.326 e. The number of anilines is 1. The largest absolute Gasteiger partial charge is 0.480 e. The lowest BCUT2D eigenvalue weighted by Crippen LogP contribution is -2.35. The summed E-state index contributed by atoms with van der Waals surface area (Å²) in [4.78, 5) is 12.9. The predicted molar refractivity (Wildman–Crippen MR) is 59.5 cm³/mol. The number of carbonyl (C=O) groups is 1. The van der Waals surface area contributed by atoms with Gasteiger partial charge in [0.15, 0.2) is 0 Å². The Balaban J connectivity index is 2.30. The van der Waals surface area contributed by atoms with E-state index in [0.717, 1.165) is 18.7 Å². The summed E-state index contributed by atoms with van der Waals surface area (Å²) in [7, 11) is 0. The van der Waals surface area contributed by atoms with Crippen LogP contribution in [-0.4, -0.2) is 23.7 Å². The highest BCUT2D eigenvalue weighted by Crippen LogP contribution is 2.31. The van der Waals surface area contributed by atoms with Crippen molar-refractivity contribution in [3.05, 3.63) is 29.3 Å². The van der Waals surface area contributed by atoms with Crippen LogP contribution in [0.25, 0.3) is 0 Å². The third kappa shape index (κ3) is 1.92. The number of halogens is 1. The lowest BCUT2D eigenvalue weighted by molar-refractivity contribution is -0.138. The van der Waals surface area contributed by atoms with Crippen LogP contribution in [0, 0.1) is 0 Å². The molecule has 15 heavy (non-hydrogen) atoms. The number of benzene rings is 1. The fourth-order valence-electron chi connectivity index (χ4n) is 2.00. The van der Waals surface area contributed by atoms with Gasteiger partial charge in [0.2, 0.25) is 0 Å². The lowest BCUT2D eigenvalue weighted by Gasteiger charge is -2.24. The van der Waals surface area contributed by atoms with Gasteiger partial charge in [0.25, 0.3) is 0 Å². The summed E-state index contributed by atoms with van der Waals surface area (Å²) in [6.07, 6.45) is 1.60. The van der Waals surface area contributed by atoms with Gasteiger partial charge in [-0.1, -0.05) is 23.7 Å². The van der Waals surface area contributed by atoms with E-state index in [-0.39, 0.29) is 0 Å². The van der Waals surface area contributed by atoms with Gasteiger partial charge in [-0.05, 0) is 25.0 Å². The molecule has 0 spiro atoms. The Kier molecular flexibility index (Phi) is 2.82. The van der Waals surface area contributed by atoms with Crippen molar-refractivity contribution in [3.8, 4) is 0 Å². The van der Waals surface area contributed by atoms with E-state index in [0.29, 0.717) is 11.4 Å². The zero-order valence-corrected chi connectivity index (χ0v) is 8.94. The molecule has 1 aromatic carbocycles. The maximum Gasteiger partial charge on any atom is 0.326 e. The van der Waals surface area contributed by atoms with Gasteiger partial charge in [-0.25, -0.2) is 4.79 Å². The topological polar surface area (TPSA) is 40.5 Å². The summed E-state index contributed by atoms with van der Waals surface area (Å²) < 4.78 is 0. The van der Waals surface area contributed by atoms with Gasteiger partial charge in [0.1, 0.15) is 6.04 Å². The van der Waals surface area contributed by atoms with Crippen molar-refractivity contribution in [2.45, 2.75) is 18.9 Å². The molecule has 0 aliphatic carbocycles. The van der Waals surface area contributed by atoms with Crippen LogP contribution < -0.4 is 4.90 Å². The quantitative estimate of drug-likeness (QED) is 0.840. The van der Waals surface area contributed by atoms with Crippen molar-refractivity contribution in [1.82, 2.24) is 0 Å². The number of hydrogen-bond donors (Lipinski definition) is 1. The van der Waals surface area contributed by atoms with E-state index in [1.807, 2.05) is 23.1 Å². The van der Waals surface area contributed by atoms with Crippen LogP contribution in [0.4, 0.5) is 5.69 Å². The summed E-state index contributed by atoms with van der Waals surface area (Å²) >= 11 is 6.04. The van der Waals surface area contributed by atoms with Crippen molar-refractivity contribution >= 4 is 23.3 Å². The number of para-hydroxylation sites is 1. The number of hydrogen-bond acceptors (Lipinski definition) is 2. The van der Waals surface area contributed by atoms with Gasteiger partial charge in [-0.15, -0.1) is 0 Å². The summed E-state index contributed by atoms with van der Waals surface area (Å²) in [6, 6.07) is 6.94. The minimum absolute atomic E-state index is 0.426. The highest BCUT2D eigenvalue weighted by atomic mass is 35.5. The van der Waals surface area contributed by atoms with E-state index in [2.05, 4.69) is 0 Å². The van der Waals surface area contributed by atoms with Crippen LogP contribution in [0.3, 0.4) is 0 Å². The third-order valence-corrected chi connectivity index (χ3v) is 3.02. The molecule has 1 unspecified atom stereocenters. The molecule has 0 radical (unpaired) electrons. The lowest BCUT2D eigenvalue weighted by atomic mass is 10.2. The first-order valence-corrected chi connectivity index (χ1v) is 5.32. The summed E-state index contributed by atoms with van der Waals surface area (Å²) in [5.41, 5.74) is 0.823. The predicted octanol–water partition coefficient (Wildman–Crippen LogP) is 2.39. The van der Waals surface area contributed by atoms with Crippen molar-refractivity contribution in [3.63, 3.8) is 0 Å². The molecule has 1 aromatic rings. The zero-order chi connectivity index (χ0) is 10.8. The minimum atomic E-state index is -0.771. The van der Waals surface area contributed by atoms with Crippen molar-refractivity contribution in [1.29, 1.82) is 0 Å². The second-order valence-electron chi connectivity index (χ2n) is 3.64. The van der Waals surface area contributed by atoms with Crippen LogP contribution in [0.2, 0.25) is 5.02 Å². The van der Waals surface area contributed by atoms with Gasteiger partial charge in [0, 0.05) is 6.54 Å². The molecule has 4 heteroatoms. The number of rotatable bonds is 2. The molecular weight excluding hydrogens is 214 g/mol. The monoisotopic (exact) mass is 225 g/mol. The molecule has 0 saturated carbocycles. The molecule has 2 rings (SSSR count). The van der Waals surface area contributed by atoms with Gasteiger partial charge in [-0.3, -0.25) is 0 Å². The first kappa shape index (κ1) is 10.3. The van der Waals surface area contributed by atoms with Crippen LogP contribution >= 0.6 is 11.6 Å². The van der Waals surface area contributed by atoms with Crippen LogP contribution in [-0.2, 0) is 4.79 Å². The molecular formula is C11H12ClNO2. The molecule has 1 N–H and O–H groups in total. The van der Waals surface area contributed by atoms with Gasteiger partial charge >= 0.3 is 5.97 Å². The second kappa shape index (κ2) is 4.11. The Morgan fingerprint density at radius 3 is 2.87 bits per heavy atom. The molecule has 0 amide bonds. The van der Waals surface area contributed by atoms with Crippen molar-refractivity contribution in [2.75, 3.05) is 11.4 Å². The van der Waals surface area contributed by atoms with Gasteiger partial charge in [0.05, 0.1) is 10.7 Å². The van der Waals surface area contributed by atoms with Crippen LogP contribution in [0.5, 0.6) is 0 Å². The van der Waals surface area contributed by atoms with E-state index < -0.39 is 12.0 Å². The van der Waals surface area contributed by atoms with E-state index in [4.69, 9.17) is 16.7 Å². The van der Waals surface area contributed by atoms with E-state index in [9.17, 15) is 4.79 Å². The normalized spacial score (nSPS) is 20.6. The molecule has 1 saturated heterocycles. The second-order valence-corrected chi connectivity index (χ2v) is 4.05. The molecule has 3 nitrogen and oxygen atoms in total. The molecule has 80 valence electrons. The molecule has 1 aliphatic rings. The van der Waals surface area contributed by atoms with Crippen molar-refractivity contribution in [2.24, 2.45) is 0 Å². The first-order valence-electron chi connectivity index (χ1n) is 4.94. The Labute approximate surface area is 93.3 Å². The maximum atomic E-state index is 11.0. The zero-order valence-electron chi connectivity index (χ0n) is 8.19. The summed E-state index contributed by atoms with van der Waals surface area (Å²) in [5, 5.41) is 9.67. The molecule has 1 heterocycles. The van der Waals surface area contributed by atoms with E-state index in [1.54, 1.807) is 6.07 Å². The molecule has 1 fully saturated rings. The highest BCUT2D eigenvalue weighted by Gasteiger charge is 2.31. The van der Waals surface area contributed by atoms with Gasteiger partial charge < -0.3 is 10.0 Å². The number of aliphatic carboxylic acids is 1. The molecule has 0 bridgehead atoms. The first-order chi connectivity index (χ1) is 7.20. The molecule has 1 atom stereocenters. The Hall–Kier alpha value is -1.22. The fourth-order valence-corrected chi connectivity index (χ4v) is 2.24. The number of carboxylic acid groups (broad SMARTS) is 1. The highest BCUT2D eigenvalue weighted by molar-refractivity contribution is 6.33. The molecule has 1 aliphatic heterocycles. The average Bonchev–Trinajstić information content (AvgIpc) is 2.67. The van der Waals surface area contributed by atoms with Gasteiger partial charge in [-0.2, -0.15) is 0 Å². The SMILES string of the molecule is O=C(O)C1CCCN1c1ccccc1Cl. The Morgan fingerprint density at radius 2 is 2.20 bits per heavy atom. The average molecular weight is 226 g/mol. The Bertz CT molecular complexity index is 381. The third-order valence-electron chi connectivity index (χ3n) is 2.70. The Morgan fingerprint density at radius 1 is 1.47 bits per heavy atom. The summed E-state index contributed by atoms with van der Waals surface area (Å²) in [5.74, 6) is -0.771. The molecule has 0 aromatic heterocycles. The van der Waals surface area contributed by atoms with E-state index >= 15 is 0 Å². The minimum Gasteiger partial charge on any atom is -0.480 e. The van der Waals surface area contributed by atoms with Crippen LogP contribution in [0.1, 0.15) is 12.8 Å². The number of carboxylic acids is 1. The number of nitrogens with zero attached hydrogens (tertiary/aromatic N) is 1.